The molecule has 0 bridgehead atoms. The van der Waals surface area contributed by atoms with E-state index in [0.717, 1.165) is 19.3 Å². The van der Waals surface area contributed by atoms with Gasteiger partial charge in [0.15, 0.2) is 0 Å². The Labute approximate surface area is 124 Å². The van der Waals surface area contributed by atoms with E-state index in [1.54, 1.807) is 6.92 Å². The highest BCUT2D eigenvalue weighted by Gasteiger charge is 2.23. The van der Waals surface area contributed by atoms with Crippen LogP contribution < -0.4 is 0 Å². The van der Waals surface area contributed by atoms with Gasteiger partial charge in [-0.05, 0) is 62.1 Å². The summed E-state index contributed by atoms with van der Waals surface area (Å²) in [6.45, 7) is 10.7. The molecule has 0 aromatic heterocycles. The summed E-state index contributed by atoms with van der Waals surface area (Å²) in [4.78, 5) is 11.3. The van der Waals surface area contributed by atoms with Gasteiger partial charge in [0.1, 0.15) is 5.78 Å². The Morgan fingerprint density at radius 3 is 2.40 bits per heavy atom. The molecule has 1 aromatic rings. The smallest absolute Gasteiger partial charge is 0.129 e. The van der Waals surface area contributed by atoms with E-state index in [9.17, 15) is 4.79 Å². The van der Waals surface area contributed by atoms with Crippen LogP contribution >= 0.6 is 0 Å². The molecule has 0 radical (unpaired) electrons. The highest BCUT2D eigenvalue weighted by atomic mass is 16.1. The molecule has 112 valence electrons. The Kier molecular flexibility index (Phi) is 6.98. The van der Waals surface area contributed by atoms with E-state index in [1.807, 2.05) is 0 Å². The summed E-state index contributed by atoms with van der Waals surface area (Å²) < 4.78 is 0. The third kappa shape index (κ3) is 4.47. The maximum Gasteiger partial charge on any atom is 0.129 e. The summed E-state index contributed by atoms with van der Waals surface area (Å²) in [6, 6.07) is 6.65. The lowest BCUT2D eigenvalue weighted by Crippen LogP contribution is -2.15. The Hall–Kier alpha value is -1.11. The first-order chi connectivity index (χ1) is 9.51. The van der Waals surface area contributed by atoms with Crippen molar-refractivity contribution in [3.05, 3.63) is 34.9 Å². The predicted molar refractivity (Wildman–Crippen MR) is 87.3 cm³/mol. The number of hydrogen-bond acceptors (Lipinski definition) is 1. The van der Waals surface area contributed by atoms with Crippen molar-refractivity contribution in [2.75, 3.05) is 0 Å². The SMILES string of the molecule is CCCC(CCC(C)=O)C(CC)c1cccc(C)c1C. The van der Waals surface area contributed by atoms with Crippen LogP contribution in [0.1, 0.15) is 75.5 Å². The standard InChI is InChI=1S/C19H30O/c1-6-9-17(13-12-15(4)20)18(7-2)19-11-8-10-14(3)16(19)5/h8,10-11,17-18H,6-7,9,12-13H2,1-5H3. The monoisotopic (exact) mass is 274 g/mol. The fourth-order valence-corrected chi connectivity index (χ4v) is 3.29. The number of carbonyl (C=O) groups is 1. The van der Waals surface area contributed by atoms with Crippen LogP contribution in [0.15, 0.2) is 18.2 Å². The first-order valence-electron chi connectivity index (χ1n) is 8.06. The summed E-state index contributed by atoms with van der Waals surface area (Å²) >= 11 is 0. The normalized spacial score (nSPS) is 14.1. The molecule has 0 saturated carbocycles. The number of hydrogen-bond donors (Lipinski definition) is 0. The minimum Gasteiger partial charge on any atom is -0.300 e. The molecule has 0 heterocycles. The van der Waals surface area contributed by atoms with E-state index in [1.165, 1.54) is 29.5 Å². The van der Waals surface area contributed by atoms with Crippen LogP contribution in [0.3, 0.4) is 0 Å². The first-order valence-corrected chi connectivity index (χ1v) is 8.06. The molecular formula is C19H30O. The van der Waals surface area contributed by atoms with Crippen molar-refractivity contribution in [3.63, 3.8) is 0 Å². The second-order valence-corrected chi connectivity index (χ2v) is 6.09. The van der Waals surface area contributed by atoms with Gasteiger partial charge in [-0.3, -0.25) is 0 Å². The number of carbonyl (C=O) groups excluding carboxylic acids is 1. The second-order valence-electron chi connectivity index (χ2n) is 6.09. The average Bonchev–Trinajstić information content (AvgIpc) is 2.41. The Morgan fingerprint density at radius 2 is 1.85 bits per heavy atom. The van der Waals surface area contributed by atoms with Crippen LogP contribution in [-0.2, 0) is 4.79 Å². The molecule has 1 aromatic carbocycles. The van der Waals surface area contributed by atoms with E-state index >= 15 is 0 Å². The molecule has 1 nitrogen and oxygen atoms in total. The number of benzene rings is 1. The van der Waals surface area contributed by atoms with Crippen molar-refractivity contribution in [3.8, 4) is 0 Å². The van der Waals surface area contributed by atoms with Crippen molar-refractivity contribution < 1.29 is 4.79 Å². The third-order valence-corrected chi connectivity index (χ3v) is 4.58. The molecule has 0 N–H and O–H groups in total. The van der Waals surface area contributed by atoms with Gasteiger partial charge in [0.05, 0.1) is 0 Å². The van der Waals surface area contributed by atoms with E-state index < -0.39 is 0 Å². The lowest BCUT2D eigenvalue weighted by Gasteiger charge is -2.28. The van der Waals surface area contributed by atoms with E-state index in [-0.39, 0.29) is 0 Å². The van der Waals surface area contributed by atoms with Crippen molar-refractivity contribution in [1.82, 2.24) is 0 Å². The third-order valence-electron chi connectivity index (χ3n) is 4.58. The van der Waals surface area contributed by atoms with Crippen LogP contribution in [0.4, 0.5) is 0 Å². The van der Waals surface area contributed by atoms with Gasteiger partial charge >= 0.3 is 0 Å². The van der Waals surface area contributed by atoms with E-state index in [2.05, 4.69) is 45.9 Å². The second kappa shape index (κ2) is 8.24. The molecule has 1 rings (SSSR count). The molecule has 0 fully saturated rings. The maximum absolute atomic E-state index is 11.3. The van der Waals surface area contributed by atoms with Crippen molar-refractivity contribution in [1.29, 1.82) is 0 Å². The molecular weight excluding hydrogens is 244 g/mol. The zero-order valence-electron chi connectivity index (χ0n) is 13.8. The lowest BCUT2D eigenvalue weighted by atomic mass is 9.77. The lowest BCUT2D eigenvalue weighted by molar-refractivity contribution is -0.117. The van der Waals surface area contributed by atoms with Crippen LogP contribution in [0.25, 0.3) is 0 Å². The summed E-state index contributed by atoms with van der Waals surface area (Å²) in [5.74, 6) is 1.55. The van der Waals surface area contributed by atoms with Gasteiger partial charge in [-0.2, -0.15) is 0 Å². The average molecular weight is 274 g/mol. The molecule has 2 atom stereocenters. The number of rotatable bonds is 8. The number of ketones is 1. The highest BCUT2D eigenvalue weighted by Crippen LogP contribution is 2.36. The molecule has 0 amide bonds. The van der Waals surface area contributed by atoms with Gasteiger partial charge < -0.3 is 4.79 Å². The molecule has 0 aliphatic carbocycles. The maximum atomic E-state index is 11.3. The van der Waals surface area contributed by atoms with Crippen LogP contribution in [0.5, 0.6) is 0 Å². The predicted octanol–water partition coefficient (Wildman–Crippen LogP) is 5.58. The van der Waals surface area contributed by atoms with Gasteiger partial charge in [0, 0.05) is 6.42 Å². The summed E-state index contributed by atoms with van der Waals surface area (Å²) in [5, 5.41) is 0. The molecule has 0 spiro atoms. The van der Waals surface area contributed by atoms with Gasteiger partial charge in [0.25, 0.3) is 0 Å². The van der Waals surface area contributed by atoms with Gasteiger partial charge in [-0.15, -0.1) is 0 Å². The Bertz CT molecular complexity index is 433. The Morgan fingerprint density at radius 1 is 1.15 bits per heavy atom. The topological polar surface area (TPSA) is 17.1 Å². The molecule has 0 aliphatic rings. The molecule has 20 heavy (non-hydrogen) atoms. The quantitative estimate of drug-likeness (QED) is 0.604. The van der Waals surface area contributed by atoms with Gasteiger partial charge in [-0.1, -0.05) is 44.9 Å². The highest BCUT2D eigenvalue weighted by molar-refractivity contribution is 5.75. The molecule has 0 saturated heterocycles. The van der Waals surface area contributed by atoms with Crippen LogP contribution in [0.2, 0.25) is 0 Å². The summed E-state index contributed by atoms with van der Waals surface area (Å²) in [7, 11) is 0. The largest absolute Gasteiger partial charge is 0.300 e. The minimum absolute atomic E-state index is 0.321. The van der Waals surface area contributed by atoms with E-state index in [4.69, 9.17) is 0 Å². The Balaban J connectivity index is 2.99. The number of Topliss-reactive ketones (excluding diaryl/α,β-unsaturated/α-hetero) is 1. The minimum atomic E-state index is 0.321. The van der Waals surface area contributed by atoms with Crippen molar-refractivity contribution in [2.45, 2.75) is 72.6 Å². The van der Waals surface area contributed by atoms with Crippen molar-refractivity contribution >= 4 is 5.78 Å². The zero-order chi connectivity index (χ0) is 15.1. The first kappa shape index (κ1) is 16.9. The summed E-state index contributed by atoms with van der Waals surface area (Å²) in [6.07, 6.45) is 5.34. The zero-order valence-corrected chi connectivity index (χ0v) is 13.8. The molecule has 2 unspecified atom stereocenters. The molecule has 1 heteroatoms. The van der Waals surface area contributed by atoms with E-state index in [0.29, 0.717) is 17.6 Å². The number of aryl methyl sites for hydroxylation is 1. The van der Waals surface area contributed by atoms with Crippen LogP contribution in [0, 0.1) is 19.8 Å². The van der Waals surface area contributed by atoms with Gasteiger partial charge in [0.2, 0.25) is 0 Å². The fourth-order valence-electron chi connectivity index (χ4n) is 3.29. The van der Waals surface area contributed by atoms with Gasteiger partial charge in [-0.25, -0.2) is 0 Å². The molecule has 0 aliphatic heterocycles. The van der Waals surface area contributed by atoms with Crippen molar-refractivity contribution in [2.24, 2.45) is 5.92 Å². The summed E-state index contributed by atoms with van der Waals surface area (Å²) in [5.41, 5.74) is 4.31. The fraction of sp³-hybridized carbons (Fsp3) is 0.632. The van der Waals surface area contributed by atoms with Crippen LogP contribution in [-0.4, -0.2) is 5.78 Å².